The molecule has 27 heavy (non-hydrogen) atoms. The summed E-state index contributed by atoms with van der Waals surface area (Å²) in [7, 11) is 1.64. The van der Waals surface area contributed by atoms with Crippen LogP contribution in [0.4, 0.5) is 4.39 Å². The number of halogens is 2. The molecule has 0 aromatic heterocycles. The lowest BCUT2D eigenvalue weighted by Crippen LogP contribution is -2.45. The minimum atomic E-state index is -0.333. The van der Waals surface area contributed by atoms with Crippen LogP contribution in [0.3, 0.4) is 0 Å². The molecule has 0 bridgehead atoms. The smallest absolute Gasteiger partial charge is 0.161 e. The molecule has 4 nitrogen and oxygen atoms in total. The number of alkyl halides is 1. The summed E-state index contributed by atoms with van der Waals surface area (Å²) in [5.41, 5.74) is 2.18. The number of hydrogen-bond donors (Lipinski definition) is 1. The van der Waals surface area contributed by atoms with Crippen molar-refractivity contribution in [2.24, 2.45) is 0 Å². The second-order valence-corrected chi connectivity index (χ2v) is 6.46. The van der Waals surface area contributed by atoms with Gasteiger partial charge in [-0.1, -0.05) is 36.4 Å². The van der Waals surface area contributed by atoms with Crippen LogP contribution in [-0.2, 0) is 6.61 Å². The van der Waals surface area contributed by atoms with Crippen molar-refractivity contribution in [1.82, 2.24) is 10.2 Å². The van der Waals surface area contributed by atoms with E-state index in [1.807, 2.05) is 48.5 Å². The molecule has 0 radical (unpaired) electrons. The molecular formula is C21H28ClFN2O2. The topological polar surface area (TPSA) is 33.7 Å². The first-order chi connectivity index (χ1) is 12.8. The summed E-state index contributed by atoms with van der Waals surface area (Å²) in [6.45, 7) is 3.88. The number of benzene rings is 2. The van der Waals surface area contributed by atoms with Gasteiger partial charge in [-0.2, -0.15) is 0 Å². The summed E-state index contributed by atoms with van der Waals surface area (Å²) in [4.78, 5) is 2.35. The van der Waals surface area contributed by atoms with Crippen molar-refractivity contribution in [3.8, 4) is 11.5 Å². The number of piperazine rings is 1. The first kappa shape index (κ1) is 21.5. The zero-order valence-electron chi connectivity index (χ0n) is 15.7. The Balaban J connectivity index is 0.00000261. The molecule has 1 aliphatic rings. The van der Waals surface area contributed by atoms with Gasteiger partial charge >= 0.3 is 0 Å². The van der Waals surface area contributed by atoms with Crippen molar-refractivity contribution in [3.63, 3.8) is 0 Å². The zero-order valence-corrected chi connectivity index (χ0v) is 16.5. The van der Waals surface area contributed by atoms with Crippen LogP contribution in [0, 0.1) is 0 Å². The van der Waals surface area contributed by atoms with Crippen LogP contribution in [0.2, 0.25) is 0 Å². The lowest BCUT2D eigenvalue weighted by atomic mass is 10.0. The van der Waals surface area contributed by atoms with Gasteiger partial charge in [0.2, 0.25) is 0 Å². The van der Waals surface area contributed by atoms with Gasteiger partial charge in [-0.3, -0.25) is 9.29 Å². The molecule has 1 atom stereocenters. The van der Waals surface area contributed by atoms with E-state index in [2.05, 4.69) is 10.2 Å². The highest BCUT2D eigenvalue weighted by Crippen LogP contribution is 2.34. The molecule has 2 aromatic carbocycles. The SMILES string of the molecule is COc1ccc([C@H](CCF)N2CCNCC2)cc1OCc1ccccc1.Cl. The third-order valence-corrected chi connectivity index (χ3v) is 4.78. The summed E-state index contributed by atoms with van der Waals surface area (Å²) in [5.74, 6) is 1.40. The standard InChI is InChI=1S/C21H27FN2O2.ClH/c1-25-20-8-7-18(19(9-10-22)24-13-11-23-12-14-24)15-21(20)26-16-17-5-3-2-4-6-17;/h2-8,15,19,23H,9-14,16H2,1H3;1H/t19-;/m0./s1. The van der Waals surface area contributed by atoms with Crippen molar-refractivity contribution in [1.29, 1.82) is 0 Å². The Morgan fingerprint density at radius 3 is 2.48 bits per heavy atom. The van der Waals surface area contributed by atoms with Crippen LogP contribution in [0.15, 0.2) is 48.5 Å². The maximum absolute atomic E-state index is 13.2. The third kappa shape index (κ3) is 5.83. The maximum atomic E-state index is 13.2. The summed E-state index contributed by atoms with van der Waals surface area (Å²) in [6.07, 6.45) is 0.491. The zero-order chi connectivity index (χ0) is 18.2. The quantitative estimate of drug-likeness (QED) is 0.733. The van der Waals surface area contributed by atoms with E-state index >= 15 is 0 Å². The molecule has 0 aliphatic carbocycles. The van der Waals surface area contributed by atoms with E-state index in [1.165, 1.54) is 0 Å². The van der Waals surface area contributed by atoms with E-state index in [1.54, 1.807) is 7.11 Å². The van der Waals surface area contributed by atoms with Crippen LogP contribution in [-0.4, -0.2) is 44.9 Å². The van der Waals surface area contributed by atoms with Gasteiger partial charge < -0.3 is 14.8 Å². The van der Waals surface area contributed by atoms with Crippen molar-refractivity contribution in [2.45, 2.75) is 19.1 Å². The first-order valence-electron chi connectivity index (χ1n) is 9.17. The maximum Gasteiger partial charge on any atom is 0.161 e. The fourth-order valence-electron chi connectivity index (χ4n) is 3.41. The molecule has 1 N–H and O–H groups in total. The highest BCUT2D eigenvalue weighted by molar-refractivity contribution is 5.85. The Labute approximate surface area is 167 Å². The Morgan fingerprint density at radius 2 is 1.81 bits per heavy atom. The minimum Gasteiger partial charge on any atom is -0.493 e. The van der Waals surface area contributed by atoms with E-state index in [0.717, 1.165) is 37.3 Å². The average molecular weight is 395 g/mol. The number of hydrogen-bond acceptors (Lipinski definition) is 4. The lowest BCUT2D eigenvalue weighted by Gasteiger charge is -2.35. The van der Waals surface area contributed by atoms with E-state index in [9.17, 15) is 4.39 Å². The fourth-order valence-corrected chi connectivity index (χ4v) is 3.41. The molecule has 1 fully saturated rings. The van der Waals surface area contributed by atoms with E-state index in [-0.39, 0.29) is 25.1 Å². The molecule has 6 heteroatoms. The predicted molar refractivity (Wildman–Crippen MR) is 109 cm³/mol. The second-order valence-electron chi connectivity index (χ2n) is 6.46. The molecule has 0 saturated carbocycles. The van der Waals surface area contributed by atoms with E-state index in [4.69, 9.17) is 9.47 Å². The van der Waals surface area contributed by atoms with Gasteiger partial charge in [-0.05, 0) is 29.7 Å². The highest BCUT2D eigenvalue weighted by Gasteiger charge is 2.23. The van der Waals surface area contributed by atoms with Gasteiger partial charge in [-0.25, -0.2) is 0 Å². The number of nitrogens with zero attached hydrogens (tertiary/aromatic N) is 1. The predicted octanol–water partition coefficient (Wildman–Crippen LogP) is 4.00. The van der Waals surface area contributed by atoms with Crippen LogP contribution < -0.4 is 14.8 Å². The normalized spacial score (nSPS) is 15.6. The van der Waals surface area contributed by atoms with Crippen molar-refractivity contribution in [2.75, 3.05) is 40.0 Å². The summed E-state index contributed by atoms with van der Waals surface area (Å²) < 4.78 is 24.7. The van der Waals surface area contributed by atoms with Gasteiger partial charge in [0.15, 0.2) is 11.5 Å². The molecule has 148 valence electrons. The number of nitrogens with one attached hydrogen (secondary N) is 1. The Hall–Kier alpha value is -1.82. The fraction of sp³-hybridized carbons (Fsp3) is 0.429. The molecule has 2 aromatic rings. The Bertz CT molecular complexity index is 681. The summed E-state index contributed by atoms with van der Waals surface area (Å²) in [6, 6.07) is 16.0. The highest BCUT2D eigenvalue weighted by atomic mass is 35.5. The molecule has 0 unspecified atom stereocenters. The van der Waals surface area contributed by atoms with Crippen molar-refractivity contribution in [3.05, 3.63) is 59.7 Å². The molecule has 0 spiro atoms. The van der Waals surface area contributed by atoms with Crippen LogP contribution >= 0.6 is 12.4 Å². The van der Waals surface area contributed by atoms with Gasteiger partial charge in [0.05, 0.1) is 13.8 Å². The average Bonchev–Trinajstić information content (AvgIpc) is 2.71. The van der Waals surface area contributed by atoms with Gasteiger partial charge in [-0.15, -0.1) is 12.4 Å². The minimum absolute atomic E-state index is 0. The van der Waals surface area contributed by atoms with E-state index < -0.39 is 0 Å². The number of rotatable bonds is 8. The van der Waals surface area contributed by atoms with Crippen LogP contribution in [0.25, 0.3) is 0 Å². The largest absolute Gasteiger partial charge is 0.493 e. The first-order valence-corrected chi connectivity index (χ1v) is 9.17. The third-order valence-electron chi connectivity index (χ3n) is 4.78. The monoisotopic (exact) mass is 394 g/mol. The number of methoxy groups -OCH3 is 1. The Kier molecular flexibility index (Phi) is 8.85. The number of ether oxygens (including phenoxy) is 2. The molecule has 1 saturated heterocycles. The molecule has 0 amide bonds. The Morgan fingerprint density at radius 1 is 1.07 bits per heavy atom. The molecule has 3 rings (SSSR count). The van der Waals surface area contributed by atoms with Gasteiger partial charge in [0, 0.05) is 32.2 Å². The van der Waals surface area contributed by atoms with Gasteiger partial charge in [0.25, 0.3) is 0 Å². The van der Waals surface area contributed by atoms with Crippen molar-refractivity contribution < 1.29 is 13.9 Å². The lowest BCUT2D eigenvalue weighted by molar-refractivity contribution is 0.157. The van der Waals surface area contributed by atoms with Crippen molar-refractivity contribution >= 4 is 12.4 Å². The summed E-state index contributed by atoms with van der Waals surface area (Å²) >= 11 is 0. The van der Waals surface area contributed by atoms with E-state index in [0.29, 0.717) is 24.5 Å². The molecule has 1 heterocycles. The summed E-state index contributed by atoms with van der Waals surface area (Å²) in [5, 5.41) is 3.35. The van der Waals surface area contributed by atoms with Crippen LogP contribution in [0.5, 0.6) is 11.5 Å². The van der Waals surface area contributed by atoms with Crippen LogP contribution in [0.1, 0.15) is 23.6 Å². The molecule has 1 aliphatic heterocycles. The van der Waals surface area contributed by atoms with Gasteiger partial charge in [0.1, 0.15) is 6.61 Å². The second kappa shape index (κ2) is 11.1. The molecular weight excluding hydrogens is 367 g/mol.